The van der Waals surface area contributed by atoms with E-state index >= 15 is 0 Å². The van der Waals surface area contributed by atoms with Gasteiger partial charge in [-0.15, -0.1) is 0 Å². The number of rotatable bonds is 42. The second kappa shape index (κ2) is 50.2. The lowest BCUT2D eigenvalue weighted by Crippen LogP contribution is -2.30. The Bertz CT molecular complexity index is 1420. The molecule has 0 rings (SSSR count). The van der Waals surface area contributed by atoms with E-state index < -0.39 is 6.10 Å². The summed E-state index contributed by atoms with van der Waals surface area (Å²) in [6, 6.07) is 0. The molecule has 63 heavy (non-hydrogen) atoms. The Morgan fingerprint density at radius 1 is 0.349 bits per heavy atom. The van der Waals surface area contributed by atoms with E-state index in [0.29, 0.717) is 19.3 Å². The molecule has 1 atom stereocenters. The maximum absolute atomic E-state index is 12.8. The minimum absolute atomic E-state index is 0.118. The standard InChI is InChI=1S/C57H88O6/c1-4-7-10-13-16-19-22-24-26-28-29-31-32-35-38-41-44-47-50-56(59)62-53-54(52-61-55(58)49-46-43-40-37-34-21-18-15-12-9-6-3)63-57(60)51-48-45-42-39-36-33-30-27-25-23-20-17-14-11-8-5-2/h8,10-11,13,15-22,24-29,31,33-34,36,54H,4-7,9,12,14,23,30,32,35,37-53H2,1-3H3/b11-8-,13-10-,18-15-,19-16-,20-17-,24-22-,27-25-,28-26-,31-29-,34-21-,36-33-. The van der Waals surface area contributed by atoms with Crippen LogP contribution in [-0.2, 0) is 28.6 Å². The third-order valence-corrected chi connectivity index (χ3v) is 9.75. The Hall–Kier alpha value is -4.45. The van der Waals surface area contributed by atoms with Crippen molar-refractivity contribution in [2.24, 2.45) is 0 Å². The van der Waals surface area contributed by atoms with Crippen LogP contribution in [0.1, 0.15) is 188 Å². The molecule has 0 spiro atoms. The fourth-order valence-electron chi connectivity index (χ4n) is 6.03. The molecule has 0 aliphatic carbocycles. The van der Waals surface area contributed by atoms with E-state index in [1.165, 1.54) is 19.3 Å². The fourth-order valence-corrected chi connectivity index (χ4v) is 6.03. The highest BCUT2D eigenvalue weighted by Crippen LogP contribution is 2.12. The van der Waals surface area contributed by atoms with Crippen LogP contribution in [0.2, 0.25) is 0 Å². The average Bonchev–Trinajstić information content (AvgIpc) is 3.28. The molecule has 0 N–H and O–H groups in total. The zero-order valence-electron chi connectivity index (χ0n) is 40.0. The van der Waals surface area contributed by atoms with Gasteiger partial charge < -0.3 is 14.2 Å². The highest BCUT2D eigenvalue weighted by Gasteiger charge is 2.19. The number of unbranched alkanes of at least 4 members (excludes halogenated alkanes) is 14. The summed E-state index contributed by atoms with van der Waals surface area (Å²) in [6.07, 6.45) is 70.0. The first-order chi connectivity index (χ1) is 31.0. The van der Waals surface area contributed by atoms with Gasteiger partial charge in [0.2, 0.25) is 0 Å². The molecule has 0 heterocycles. The van der Waals surface area contributed by atoms with E-state index in [-0.39, 0.29) is 37.5 Å². The van der Waals surface area contributed by atoms with Gasteiger partial charge in [-0.3, -0.25) is 14.4 Å². The number of carbonyl (C=O) groups is 3. The first kappa shape index (κ1) is 58.6. The number of hydrogen-bond donors (Lipinski definition) is 0. The molecule has 0 bridgehead atoms. The van der Waals surface area contributed by atoms with Crippen LogP contribution in [0.5, 0.6) is 0 Å². The lowest BCUT2D eigenvalue weighted by atomic mass is 10.1. The molecule has 0 saturated heterocycles. The number of allylic oxidation sites excluding steroid dienone is 22. The van der Waals surface area contributed by atoms with E-state index in [2.05, 4.69) is 118 Å². The van der Waals surface area contributed by atoms with Crippen LogP contribution in [0.15, 0.2) is 134 Å². The number of carbonyl (C=O) groups excluding carboxylic acids is 3. The molecule has 0 aliphatic heterocycles. The number of ether oxygens (including phenoxy) is 3. The van der Waals surface area contributed by atoms with Gasteiger partial charge in [-0.1, -0.05) is 206 Å². The molecule has 0 saturated carbocycles. The van der Waals surface area contributed by atoms with Crippen molar-refractivity contribution in [3.63, 3.8) is 0 Å². The molecule has 0 aliphatic rings. The molecular weight excluding hydrogens is 781 g/mol. The van der Waals surface area contributed by atoms with E-state index in [4.69, 9.17) is 14.2 Å². The van der Waals surface area contributed by atoms with Crippen LogP contribution < -0.4 is 0 Å². The SMILES string of the molecule is CC/C=C\C/C=C\C/C=C\C/C=C\CCCCCC(=O)OC(COC(=O)CCCCC/C=C\C=C/CCCC)COC(=O)CCCCCCC\C=C/C=C\C=C/C=C\C=C/CCC. The van der Waals surface area contributed by atoms with Crippen LogP contribution in [0.25, 0.3) is 0 Å². The normalized spacial score (nSPS) is 13.3. The van der Waals surface area contributed by atoms with Crippen molar-refractivity contribution >= 4 is 17.9 Å². The van der Waals surface area contributed by atoms with Gasteiger partial charge in [-0.2, -0.15) is 0 Å². The smallest absolute Gasteiger partial charge is 0.306 e. The molecule has 1 unspecified atom stereocenters. The molecule has 0 aromatic carbocycles. The Kier molecular flexibility index (Phi) is 46.7. The second-order valence-corrected chi connectivity index (χ2v) is 15.8. The number of esters is 3. The van der Waals surface area contributed by atoms with Gasteiger partial charge >= 0.3 is 17.9 Å². The van der Waals surface area contributed by atoms with E-state index in [0.717, 1.165) is 122 Å². The van der Waals surface area contributed by atoms with Gasteiger partial charge in [0.25, 0.3) is 0 Å². The van der Waals surface area contributed by atoms with Crippen LogP contribution in [-0.4, -0.2) is 37.2 Å². The number of hydrogen-bond acceptors (Lipinski definition) is 6. The molecule has 352 valence electrons. The fraction of sp³-hybridized carbons (Fsp3) is 0.561. The third-order valence-electron chi connectivity index (χ3n) is 9.75. The van der Waals surface area contributed by atoms with Crippen molar-refractivity contribution in [3.8, 4) is 0 Å². The predicted molar refractivity (Wildman–Crippen MR) is 269 cm³/mol. The predicted octanol–water partition coefficient (Wildman–Crippen LogP) is 16.3. The van der Waals surface area contributed by atoms with Crippen molar-refractivity contribution in [1.29, 1.82) is 0 Å². The average molecular weight is 869 g/mol. The molecule has 0 amide bonds. The maximum atomic E-state index is 12.8. The van der Waals surface area contributed by atoms with Gasteiger partial charge in [0.1, 0.15) is 13.2 Å². The Balaban J connectivity index is 4.55. The lowest BCUT2D eigenvalue weighted by molar-refractivity contribution is -0.167. The molecule has 6 heteroatoms. The van der Waals surface area contributed by atoms with Gasteiger partial charge in [-0.25, -0.2) is 0 Å². The van der Waals surface area contributed by atoms with Crippen LogP contribution in [0.3, 0.4) is 0 Å². The summed E-state index contributed by atoms with van der Waals surface area (Å²) in [5.41, 5.74) is 0. The Labute approximate surface area is 385 Å². The summed E-state index contributed by atoms with van der Waals surface area (Å²) in [5.74, 6) is -1.01. The quantitative estimate of drug-likeness (QED) is 0.0200. The zero-order chi connectivity index (χ0) is 45.8. The van der Waals surface area contributed by atoms with Crippen molar-refractivity contribution in [1.82, 2.24) is 0 Å². The van der Waals surface area contributed by atoms with Crippen LogP contribution in [0.4, 0.5) is 0 Å². The van der Waals surface area contributed by atoms with Gasteiger partial charge in [-0.05, 0) is 96.3 Å². The lowest BCUT2D eigenvalue weighted by Gasteiger charge is -2.18. The minimum Gasteiger partial charge on any atom is -0.462 e. The summed E-state index contributed by atoms with van der Waals surface area (Å²) in [6.45, 7) is 6.28. The van der Waals surface area contributed by atoms with Crippen molar-refractivity contribution in [2.75, 3.05) is 13.2 Å². The van der Waals surface area contributed by atoms with Gasteiger partial charge in [0, 0.05) is 19.3 Å². The first-order valence-electron chi connectivity index (χ1n) is 24.8. The second-order valence-electron chi connectivity index (χ2n) is 15.8. The highest BCUT2D eigenvalue weighted by atomic mass is 16.6. The van der Waals surface area contributed by atoms with Gasteiger partial charge in [0.15, 0.2) is 6.10 Å². The van der Waals surface area contributed by atoms with Crippen molar-refractivity contribution in [2.45, 2.75) is 194 Å². The molecule has 0 fully saturated rings. The summed E-state index contributed by atoms with van der Waals surface area (Å²) in [4.78, 5) is 37.9. The molecule has 0 radical (unpaired) electrons. The molecule has 0 aromatic heterocycles. The first-order valence-corrected chi connectivity index (χ1v) is 24.8. The summed E-state index contributed by atoms with van der Waals surface area (Å²) < 4.78 is 16.7. The molecular formula is C57H88O6. The Morgan fingerprint density at radius 3 is 1.21 bits per heavy atom. The van der Waals surface area contributed by atoms with E-state index in [1.807, 2.05) is 36.5 Å². The molecule has 6 nitrogen and oxygen atoms in total. The van der Waals surface area contributed by atoms with Crippen LogP contribution in [0, 0.1) is 0 Å². The monoisotopic (exact) mass is 869 g/mol. The van der Waals surface area contributed by atoms with E-state index in [9.17, 15) is 14.4 Å². The summed E-state index contributed by atoms with van der Waals surface area (Å²) >= 11 is 0. The topological polar surface area (TPSA) is 78.9 Å². The van der Waals surface area contributed by atoms with Crippen LogP contribution >= 0.6 is 0 Å². The molecule has 0 aromatic rings. The van der Waals surface area contributed by atoms with Crippen molar-refractivity contribution in [3.05, 3.63) is 134 Å². The van der Waals surface area contributed by atoms with Gasteiger partial charge in [0.05, 0.1) is 0 Å². The zero-order valence-corrected chi connectivity index (χ0v) is 40.0. The van der Waals surface area contributed by atoms with E-state index in [1.54, 1.807) is 0 Å². The highest BCUT2D eigenvalue weighted by molar-refractivity contribution is 5.71. The Morgan fingerprint density at radius 2 is 0.714 bits per heavy atom. The minimum atomic E-state index is -0.821. The van der Waals surface area contributed by atoms with Crippen molar-refractivity contribution < 1.29 is 28.6 Å². The third kappa shape index (κ3) is 48.4. The summed E-state index contributed by atoms with van der Waals surface area (Å²) in [7, 11) is 0. The largest absolute Gasteiger partial charge is 0.462 e. The maximum Gasteiger partial charge on any atom is 0.306 e. The summed E-state index contributed by atoms with van der Waals surface area (Å²) in [5, 5.41) is 0.